The van der Waals surface area contributed by atoms with Crippen LogP contribution in [-0.2, 0) is 13.1 Å². The molecule has 5 nitrogen and oxygen atoms in total. The van der Waals surface area contributed by atoms with Crippen molar-refractivity contribution < 1.29 is 0 Å². The van der Waals surface area contributed by atoms with Crippen LogP contribution in [0, 0.1) is 0 Å². The number of nitrogens with zero attached hydrogens (tertiary/aromatic N) is 2. The van der Waals surface area contributed by atoms with Gasteiger partial charge in [-0.1, -0.05) is 24.3 Å². The quantitative estimate of drug-likeness (QED) is 0.743. The summed E-state index contributed by atoms with van der Waals surface area (Å²) in [5, 5.41) is 6.01. The van der Waals surface area contributed by atoms with E-state index in [1.165, 1.54) is 10.9 Å². The second-order valence-corrected chi connectivity index (χ2v) is 3.31. The van der Waals surface area contributed by atoms with E-state index in [9.17, 15) is 4.79 Å². The fourth-order valence-electron chi connectivity index (χ4n) is 1.36. The minimum Gasteiger partial charge on any atom is -0.326 e. The molecular weight excluding hydrogens is 192 g/mol. The highest BCUT2D eigenvalue weighted by atomic mass is 16.1. The van der Waals surface area contributed by atoms with E-state index in [4.69, 9.17) is 5.73 Å². The van der Waals surface area contributed by atoms with Gasteiger partial charge in [-0.25, -0.2) is 9.89 Å². The fourth-order valence-corrected chi connectivity index (χ4v) is 1.36. The van der Waals surface area contributed by atoms with E-state index in [1.54, 1.807) is 0 Å². The average molecular weight is 204 g/mol. The molecule has 2 aromatic rings. The van der Waals surface area contributed by atoms with Crippen LogP contribution < -0.4 is 11.4 Å². The summed E-state index contributed by atoms with van der Waals surface area (Å²) >= 11 is 0. The molecule has 0 radical (unpaired) electrons. The first-order valence-electron chi connectivity index (χ1n) is 4.67. The lowest BCUT2D eigenvalue weighted by Crippen LogP contribution is -2.16. The van der Waals surface area contributed by atoms with E-state index in [2.05, 4.69) is 10.2 Å². The van der Waals surface area contributed by atoms with Crippen LogP contribution in [0.4, 0.5) is 0 Å². The van der Waals surface area contributed by atoms with Crippen molar-refractivity contribution in [2.45, 2.75) is 13.1 Å². The summed E-state index contributed by atoms with van der Waals surface area (Å²) in [4.78, 5) is 11.2. The van der Waals surface area contributed by atoms with E-state index in [0.717, 1.165) is 11.1 Å². The third kappa shape index (κ3) is 2.13. The van der Waals surface area contributed by atoms with Gasteiger partial charge in [0, 0.05) is 6.54 Å². The molecule has 0 aliphatic rings. The number of aromatic amines is 1. The van der Waals surface area contributed by atoms with Crippen molar-refractivity contribution in [3.63, 3.8) is 0 Å². The predicted octanol–water partition coefficient (Wildman–Crippen LogP) is 0.0784. The van der Waals surface area contributed by atoms with Crippen molar-refractivity contribution >= 4 is 0 Å². The lowest BCUT2D eigenvalue weighted by Gasteiger charge is -2.02. The van der Waals surface area contributed by atoms with Gasteiger partial charge in [-0.15, -0.1) is 0 Å². The highest BCUT2D eigenvalue weighted by Gasteiger charge is 1.98. The first-order valence-corrected chi connectivity index (χ1v) is 4.67. The zero-order valence-electron chi connectivity index (χ0n) is 8.18. The van der Waals surface area contributed by atoms with E-state index < -0.39 is 0 Å². The molecule has 15 heavy (non-hydrogen) atoms. The molecule has 1 aromatic heterocycles. The van der Waals surface area contributed by atoms with Gasteiger partial charge < -0.3 is 5.73 Å². The average Bonchev–Trinajstić information content (AvgIpc) is 2.66. The topological polar surface area (TPSA) is 76.7 Å². The minimum absolute atomic E-state index is 0.196. The number of nitrogens with two attached hydrogens (primary N) is 1. The Labute approximate surface area is 86.5 Å². The standard InChI is InChI=1S/C10H12N4O/c11-5-8-1-3-9(4-2-8)6-14-7-12-13-10(14)15/h1-4,7H,5-6,11H2,(H,13,15). The maximum Gasteiger partial charge on any atom is 0.343 e. The van der Waals surface area contributed by atoms with Crippen molar-refractivity contribution in [1.82, 2.24) is 14.8 Å². The number of aromatic nitrogens is 3. The predicted molar refractivity (Wildman–Crippen MR) is 56.3 cm³/mol. The molecule has 0 saturated carbocycles. The molecule has 0 fully saturated rings. The molecule has 0 unspecified atom stereocenters. The SMILES string of the molecule is NCc1ccc(Cn2cn[nH]c2=O)cc1. The summed E-state index contributed by atoms with van der Waals surface area (Å²) in [7, 11) is 0. The van der Waals surface area contributed by atoms with Crippen LogP contribution in [0.1, 0.15) is 11.1 Å². The monoisotopic (exact) mass is 204 g/mol. The Balaban J connectivity index is 2.18. The van der Waals surface area contributed by atoms with Crippen LogP contribution in [0.2, 0.25) is 0 Å². The summed E-state index contributed by atoms with van der Waals surface area (Å²) in [5.41, 5.74) is 7.43. The Morgan fingerprint density at radius 3 is 2.47 bits per heavy atom. The van der Waals surface area contributed by atoms with Crippen molar-refractivity contribution in [3.05, 3.63) is 52.2 Å². The van der Waals surface area contributed by atoms with Gasteiger partial charge in [-0.2, -0.15) is 5.10 Å². The van der Waals surface area contributed by atoms with Crippen molar-refractivity contribution in [2.75, 3.05) is 0 Å². The second kappa shape index (κ2) is 4.10. The molecule has 0 amide bonds. The maximum absolute atomic E-state index is 11.2. The largest absolute Gasteiger partial charge is 0.343 e. The van der Waals surface area contributed by atoms with Crippen molar-refractivity contribution in [2.24, 2.45) is 5.73 Å². The molecule has 5 heteroatoms. The van der Waals surface area contributed by atoms with E-state index >= 15 is 0 Å². The lowest BCUT2D eigenvalue weighted by molar-refractivity contribution is 0.761. The molecule has 2 rings (SSSR count). The zero-order valence-corrected chi connectivity index (χ0v) is 8.18. The number of rotatable bonds is 3. The fraction of sp³-hybridized carbons (Fsp3) is 0.200. The van der Waals surface area contributed by atoms with E-state index in [-0.39, 0.29) is 5.69 Å². The molecule has 0 aliphatic heterocycles. The number of H-pyrrole nitrogens is 1. The maximum atomic E-state index is 11.2. The number of hydrogen-bond donors (Lipinski definition) is 2. The van der Waals surface area contributed by atoms with Crippen LogP contribution in [0.3, 0.4) is 0 Å². The number of hydrogen-bond acceptors (Lipinski definition) is 3. The first kappa shape index (κ1) is 9.67. The van der Waals surface area contributed by atoms with Crippen LogP contribution in [0.25, 0.3) is 0 Å². The van der Waals surface area contributed by atoms with Crippen LogP contribution in [0.5, 0.6) is 0 Å². The van der Waals surface area contributed by atoms with Gasteiger partial charge >= 0.3 is 5.69 Å². The normalized spacial score (nSPS) is 10.5. The van der Waals surface area contributed by atoms with Gasteiger partial charge in [0.05, 0.1) is 6.54 Å². The molecule has 1 aromatic carbocycles. The summed E-state index contributed by atoms with van der Waals surface area (Å²) in [6.07, 6.45) is 1.49. The molecule has 0 spiro atoms. The first-order chi connectivity index (χ1) is 7.29. The van der Waals surface area contributed by atoms with Gasteiger partial charge in [-0.05, 0) is 11.1 Å². The highest BCUT2D eigenvalue weighted by Crippen LogP contribution is 2.04. The van der Waals surface area contributed by atoms with Gasteiger partial charge in [-0.3, -0.25) is 4.57 Å². The highest BCUT2D eigenvalue weighted by molar-refractivity contribution is 5.22. The Kier molecular flexibility index (Phi) is 2.64. The van der Waals surface area contributed by atoms with Crippen molar-refractivity contribution in [1.29, 1.82) is 0 Å². The Bertz CT molecular complexity index is 483. The molecular formula is C10H12N4O. The smallest absolute Gasteiger partial charge is 0.326 e. The molecule has 0 bridgehead atoms. The third-order valence-electron chi connectivity index (χ3n) is 2.23. The van der Waals surface area contributed by atoms with Gasteiger partial charge in [0.1, 0.15) is 6.33 Å². The molecule has 0 saturated heterocycles. The third-order valence-corrected chi connectivity index (χ3v) is 2.23. The zero-order chi connectivity index (χ0) is 10.7. The lowest BCUT2D eigenvalue weighted by atomic mass is 10.1. The molecule has 0 aliphatic carbocycles. The molecule has 3 N–H and O–H groups in total. The Hall–Kier alpha value is -1.88. The Morgan fingerprint density at radius 2 is 1.93 bits per heavy atom. The summed E-state index contributed by atoms with van der Waals surface area (Å²) in [5.74, 6) is 0. The van der Waals surface area contributed by atoms with Gasteiger partial charge in [0.25, 0.3) is 0 Å². The van der Waals surface area contributed by atoms with E-state index in [0.29, 0.717) is 13.1 Å². The molecule has 0 atom stereocenters. The van der Waals surface area contributed by atoms with Gasteiger partial charge in [0.2, 0.25) is 0 Å². The van der Waals surface area contributed by atoms with Crippen LogP contribution >= 0.6 is 0 Å². The summed E-state index contributed by atoms with van der Waals surface area (Å²) < 4.78 is 1.51. The minimum atomic E-state index is -0.196. The van der Waals surface area contributed by atoms with E-state index in [1.807, 2.05) is 24.3 Å². The van der Waals surface area contributed by atoms with Crippen LogP contribution in [-0.4, -0.2) is 14.8 Å². The van der Waals surface area contributed by atoms with Crippen LogP contribution in [0.15, 0.2) is 35.4 Å². The second-order valence-electron chi connectivity index (χ2n) is 3.31. The summed E-state index contributed by atoms with van der Waals surface area (Å²) in [6, 6.07) is 7.84. The van der Waals surface area contributed by atoms with Gasteiger partial charge in [0.15, 0.2) is 0 Å². The number of benzene rings is 1. The number of nitrogens with one attached hydrogen (secondary N) is 1. The summed E-state index contributed by atoms with van der Waals surface area (Å²) in [6.45, 7) is 1.06. The molecule has 1 heterocycles. The molecule has 78 valence electrons. The Morgan fingerprint density at radius 1 is 1.27 bits per heavy atom. The van der Waals surface area contributed by atoms with Crippen molar-refractivity contribution in [3.8, 4) is 0 Å².